The van der Waals surface area contributed by atoms with Crippen molar-refractivity contribution in [3.63, 3.8) is 0 Å². The summed E-state index contributed by atoms with van der Waals surface area (Å²) in [7, 11) is 0. The quantitative estimate of drug-likeness (QED) is 0.610. The normalized spacial score (nSPS) is 10.2. The van der Waals surface area contributed by atoms with Gasteiger partial charge in [0.2, 0.25) is 0 Å². The van der Waals surface area contributed by atoms with E-state index in [9.17, 15) is 9.59 Å². The number of carbonyl (C=O) groups excluding carboxylic acids is 2. The summed E-state index contributed by atoms with van der Waals surface area (Å²) in [5.41, 5.74) is 1.86. The zero-order valence-corrected chi connectivity index (χ0v) is 15.3. The van der Waals surface area contributed by atoms with Crippen LogP contribution in [-0.2, 0) is 11.3 Å². The molecule has 0 fully saturated rings. The minimum atomic E-state index is -0.427. The van der Waals surface area contributed by atoms with Crippen LogP contribution in [0.3, 0.4) is 0 Å². The first-order valence-electron chi connectivity index (χ1n) is 8.72. The Morgan fingerprint density at radius 3 is 2.54 bits per heavy atom. The molecule has 0 unspecified atom stereocenters. The van der Waals surface area contributed by atoms with Gasteiger partial charge in [-0.05, 0) is 43.3 Å². The van der Waals surface area contributed by atoms with Crippen molar-refractivity contribution in [2.24, 2.45) is 0 Å². The van der Waals surface area contributed by atoms with Gasteiger partial charge in [0.05, 0.1) is 30.1 Å². The van der Waals surface area contributed by atoms with E-state index in [1.54, 1.807) is 49.5 Å². The van der Waals surface area contributed by atoms with Gasteiger partial charge in [-0.15, -0.1) is 10.2 Å². The highest BCUT2D eigenvalue weighted by Gasteiger charge is 2.13. The summed E-state index contributed by atoms with van der Waals surface area (Å²) in [6, 6.07) is 15.6. The van der Waals surface area contributed by atoms with E-state index in [0.717, 1.165) is 5.69 Å². The molecule has 0 bridgehead atoms. The lowest BCUT2D eigenvalue weighted by Gasteiger charge is -2.10. The Morgan fingerprint density at radius 2 is 1.82 bits per heavy atom. The summed E-state index contributed by atoms with van der Waals surface area (Å²) in [6.07, 6.45) is 1.66. The molecule has 1 aromatic carbocycles. The Labute approximate surface area is 162 Å². The summed E-state index contributed by atoms with van der Waals surface area (Å²) in [5, 5.41) is 13.7. The fourth-order valence-electron chi connectivity index (χ4n) is 2.40. The molecule has 28 heavy (non-hydrogen) atoms. The molecule has 2 N–H and O–H groups in total. The number of hydrogen-bond donors (Lipinski definition) is 2. The van der Waals surface area contributed by atoms with Crippen LogP contribution >= 0.6 is 0 Å². The van der Waals surface area contributed by atoms with Gasteiger partial charge >= 0.3 is 5.97 Å². The van der Waals surface area contributed by atoms with Crippen LogP contribution in [0, 0.1) is 0 Å². The van der Waals surface area contributed by atoms with E-state index in [0.29, 0.717) is 23.6 Å². The predicted octanol–water partition coefficient (Wildman–Crippen LogP) is 2.72. The third-order valence-electron chi connectivity index (χ3n) is 3.74. The summed E-state index contributed by atoms with van der Waals surface area (Å²) >= 11 is 0. The van der Waals surface area contributed by atoms with Gasteiger partial charge in [-0.2, -0.15) is 0 Å². The number of carbonyl (C=O) groups is 2. The van der Waals surface area contributed by atoms with Gasteiger partial charge < -0.3 is 15.4 Å². The molecule has 2 heterocycles. The number of rotatable bonds is 7. The number of amides is 1. The average Bonchev–Trinajstić information content (AvgIpc) is 2.74. The van der Waals surface area contributed by atoms with E-state index in [4.69, 9.17) is 4.74 Å². The fraction of sp³-hybridized carbons (Fsp3) is 0.150. The SMILES string of the molecule is CCOC(=O)c1ccccc1Nc1ccc(C(=O)NCc2ccccn2)nn1. The molecule has 1 amide bonds. The van der Waals surface area contributed by atoms with Crippen molar-refractivity contribution < 1.29 is 14.3 Å². The largest absolute Gasteiger partial charge is 0.462 e. The monoisotopic (exact) mass is 377 g/mol. The van der Waals surface area contributed by atoms with E-state index >= 15 is 0 Å². The molecule has 0 spiro atoms. The van der Waals surface area contributed by atoms with E-state index in [2.05, 4.69) is 25.8 Å². The smallest absolute Gasteiger partial charge is 0.340 e. The topological polar surface area (TPSA) is 106 Å². The van der Waals surface area contributed by atoms with Gasteiger partial charge in [0.15, 0.2) is 11.5 Å². The minimum absolute atomic E-state index is 0.181. The van der Waals surface area contributed by atoms with Crippen LogP contribution in [0.4, 0.5) is 11.5 Å². The lowest BCUT2D eigenvalue weighted by atomic mass is 10.2. The van der Waals surface area contributed by atoms with E-state index in [1.807, 2.05) is 18.2 Å². The number of nitrogens with zero attached hydrogens (tertiary/aromatic N) is 3. The number of para-hydroxylation sites is 1. The lowest BCUT2D eigenvalue weighted by molar-refractivity contribution is 0.0527. The molecule has 142 valence electrons. The molecule has 8 nitrogen and oxygen atoms in total. The van der Waals surface area contributed by atoms with Gasteiger partial charge in [0, 0.05) is 6.20 Å². The minimum Gasteiger partial charge on any atom is -0.462 e. The average molecular weight is 377 g/mol. The van der Waals surface area contributed by atoms with Gasteiger partial charge in [-0.3, -0.25) is 9.78 Å². The van der Waals surface area contributed by atoms with Crippen molar-refractivity contribution in [2.75, 3.05) is 11.9 Å². The van der Waals surface area contributed by atoms with Crippen LogP contribution in [-0.4, -0.2) is 33.7 Å². The molecule has 2 aromatic heterocycles. The molecule has 0 radical (unpaired) electrons. The first kappa shape index (κ1) is 19.0. The molecule has 8 heteroatoms. The van der Waals surface area contributed by atoms with E-state index in [-0.39, 0.29) is 18.2 Å². The highest BCUT2D eigenvalue weighted by molar-refractivity contribution is 5.96. The number of ether oxygens (including phenoxy) is 1. The molecule has 0 saturated heterocycles. The molecule has 0 atom stereocenters. The van der Waals surface area contributed by atoms with Crippen molar-refractivity contribution in [2.45, 2.75) is 13.5 Å². The molecule has 0 aliphatic carbocycles. The maximum atomic E-state index is 12.2. The molecular formula is C20H19N5O3. The highest BCUT2D eigenvalue weighted by atomic mass is 16.5. The second-order valence-corrected chi connectivity index (χ2v) is 5.70. The highest BCUT2D eigenvalue weighted by Crippen LogP contribution is 2.20. The van der Waals surface area contributed by atoms with Crippen molar-refractivity contribution in [3.05, 3.63) is 77.7 Å². The van der Waals surface area contributed by atoms with Crippen LogP contribution in [0.15, 0.2) is 60.8 Å². The number of pyridine rings is 1. The number of nitrogens with one attached hydrogen (secondary N) is 2. The fourth-order valence-corrected chi connectivity index (χ4v) is 2.40. The summed E-state index contributed by atoms with van der Waals surface area (Å²) < 4.78 is 5.05. The Hall–Kier alpha value is -3.81. The molecular weight excluding hydrogens is 358 g/mol. The Balaban J connectivity index is 1.65. The first-order valence-corrected chi connectivity index (χ1v) is 8.72. The Kier molecular flexibility index (Phi) is 6.25. The molecule has 0 aliphatic heterocycles. The summed E-state index contributed by atoms with van der Waals surface area (Å²) in [4.78, 5) is 28.4. The Morgan fingerprint density at radius 1 is 1.00 bits per heavy atom. The number of esters is 1. The van der Waals surface area contributed by atoms with Crippen molar-refractivity contribution in [3.8, 4) is 0 Å². The van der Waals surface area contributed by atoms with Crippen molar-refractivity contribution in [1.82, 2.24) is 20.5 Å². The third-order valence-corrected chi connectivity index (χ3v) is 3.74. The number of hydrogen-bond acceptors (Lipinski definition) is 7. The van der Waals surface area contributed by atoms with Crippen LogP contribution in [0.1, 0.15) is 33.5 Å². The number of aromatic nitrogens is 3. The zero-order chi connectivity index (χ0) is 19.8. The van der Waals surface area contributed by atoms with Crippen molar-refractivity contribution >= 4 is 23.4 Å². The Bertz CT molecular complexity index is 946. The maximum absolute atomic E-state index is 12.2. The van der Waals surface area contributed by atoms with Gasteiger partial charge in [0.1, 0.15) is 0 Å². The number of benzene rings is 1. The lowest BCUT2D eigenvalue weighted by Crippen LogP contribution is -2.24. The zero-order valence-electron chi connectivity index (χ0n) is 15.3. The van der Waals surface area contributed by atoms with Gasteiger partial charge in [0.25, 0.3) is 5.91 Å². The third kappa shape index (κ3) is 4.88. The van der Waals surface area contributed by atoms with E-state index in [1.165, 1.54) is 0 Å². The molecule has 0 saturated carbocycles. The maximum Gasteiger partial charge on any atom is 0.340 e. The van der Waals surface area contributed by atoms with Crippen LogP contribution in [0.2, 0.25) is 0 Å². The number of anilines is 2. The first-order chi connectivity index (χ1) is 13.7. The standard InChI is InChI=1S/C20H19N5O3/c1-2-28-20(27)15-8-3-4-9-16(15)23-18-11-10-17(24-25-18)19(26)22-13-14-7-5-6-12-21-14/h3-12H,2,13H2,1H3,(H,22,26)(H,23,25). The predicted molar refractivity (Wildman–Crippen MR) is 103 cm³/mol. The molecule has 0 aliphatic rings. The molecule has 3 aromatic rings. The van der Waals surface area contributed by atoms with Gasteiger partial charge in [-0.1, -0.05) is 18.2 Å². The van der Waals surface area contributed by atoms with Crippen LogP contribution < -0.4 is 10.6 Å². The second kappa shape index (κ2) is 9.22. The van der Waals surface area contributed by atoms with E-state index < -0.39 is 5.97 Å². The summed E-state index contributed by atoms with van der Waals surface area (Å²) in [6.45, 7) is 2.33. The second-order valence-electron chi connectivity index (χ2n) is 5.70. The molecule has 3 rings (SSSR count). The van der Waals surface area contributed by atoms with Crippen molar-refractivity contribution in [1.29, 1.82) is 0 Å². The van der Waals surface area contributed by atoms with Gasteiger partial charge in [-0.25, -0.2) is 4.79 Å². The van der Waals surface area contributed by atoms with Crippen LogP contribution in [0.25, 0.3) is 0 Å². The summed E-state index contributed by atoms with van der Waals surface area (Å²) in [5.74, 6) is -0.376. The van der Waals surface area contributed by atoms with Crippen LogP contribution in [0.5, 0.6) is 0 Å².